The molecule has 0 bridgehead atoms. The number of likely N-dealkylation sites (tertiary alicyclic amines) is 2. The first kappa shape index (κ1) is 31.1. The van der Waals surface area contributed by atoms with Crippen molar-refractivity contribution in [2.24, 2.45) is 11.8 Å². The molecule has 2 aromatic carbocycles. The summed E-state index contributed by atoms with van der Waals surface area (Å²) in [6.45, 7) is 5.93. The highest BCUT2D eigenvalue weighted by molar-refractivity contribution is 6.33. The minimum atomic E-state index is -1.30. The molecular formula is C32H45ClN4O4. The predicted molar refractivity (Wildman–Crippen MR) is 163 cm³/mol. The van der Waals surface area contributed by atoms with E-state index in [1.54, 1.807) is 0 Å². The van der Waals surface area contributed by atoms with Gasteiger partial charge in [0, 0.05) is 49.2 Å². The molecule has 2 aliphatic rings. The van der Waals surface area contributed by atoms with Crippen LogP contribution in [-0.2, 0) is 12.0 Å². The molecule has 8 nitrogen and oxygen atoms in total. The molecule has 0 unspecified atom stereocenters. The molecule has 4 rings (SSSR count). The average molecular weight is 585 g/mol. The van der Waals surface area contributed by atoms with Gasteiger partial charge in [0.15, 0.2) is 0 Å². The lowest BCUT2D eigenvalue weighted by Gasteiger charge is -2.45. The SMILES string of the molecule is CCc1cccc(-c2c(Cl)cccc2[C@](O)(CCCNC(=O)O)[C@@H]2CCCN(C(=O)N3CCC(CNC)CC3)C2)c1. The van der Waals surface area contributed by atoms with Gasteiger partial charge >= 0.3 is 12.1 Å². The Morgan fingerprint density at radius 2 is 1.83 bits per heavy atom. The molecule has 9 heteroatoms. The van der Waals surface area contributed by atoms with Crippen molar-refractivity contribution < 1.29 is 19.8 Å². The molecule has 2 fully saturated rings. The molecule has 2 heterocycles. The summed E-state index contributed by atoms with van der Waals surface area (Å²) < 4.78 is 0. The number of aliphatic hydroxyl groups is 1. The summed E-state index contributed by atoms with van der Waals surface area (Å²) in [6, 6.07) is 13.9. The monoisotopic (exact) mass is 584 g/mol. The number of carboxylic acid groups (broad SMARTS) is 1. The minimum Gasteiger partial charge on any atom is -0.465 e. The second-order valence-electron chi connectivity index (χ2n) is 11.5. The van der Waals surface area contributed by atoms with Crippen LogP contribution in [0.15, 0.2) is 42.5 Å². The maximum absolute atomic E-state index is 13.6. The lowest BCUT2D eigenvalue weighted by Crippen LogP contribution is -2.53. The van der Waals surface area contributed by atoms with Gasteiger partial charge in [0.2, 0.25) is 0 Å². The van der Waals surface area contributed by atoms with Crippen molar-refractivity contribution in [2.75, 3.05) is 46.3 Å². The van der Waals surface area contributed by atoms with Crippen LogP contribution in [0, 0.1) is 11.8 Å². The Morgan fingerprint density at radius 1 is 1.07 bits per heavy atom. The molecule has 0 radical (unpaired) electrons. The maximum atomic E-state index is 13.6. The normalized spacial score (nSPS) is 19.6. The van der Waals surface area contributed by atoms with Crippen molar-refractivity contribution in [3.8, 4) is 11.1 Å². The van der Waals surface area contributed by atoms with Crippen molar-refractivity contribution in [3.63, 3.8) is 0 Å². The zero-order chi connectivity index (χ0) is 29.4. The molecule has 0 aliphatic carbocycles. The number of amides is 3. The molecule has 0 aromatic heterocycles. The summed E-state index contributed by atoms with van der Waals surface area (Å²) in [5.74, 6) is 0.369. The fourth-order valence-electron chi connectivity index (χ4n) is 6.59. The van der Waals surface area contributed by atoms with Crippen LogP contribution >= 0.6 is 11.6 Å². The molecule has 2 saturated heterocycles. The first-order valence-corrected chi connectivity index (χ1v) is 15.4. The van der Waals surface area contributed by atoms with E-state index in [2.05, 4.69) is 29.7 Å². The number of urea groups is 1. The van der Waals surface area contributed by atoms with Gasteiger partial charge in [-0.15, -0.1) is 0 Å². The van der Waals surface area contributed by atoms with Crippen LogP contribution in [-0.4, -0.2) is 78.5 Å². The number of nitrogens with zero attached hydrogens (tertiary/aromatic N) is 2. The lowest BCUT2D eigenvalue weighted by molar-refractivity contribution is -0.0564. The second kappa shape index (κ2) is 14.4. The van der Waals surface area contributed by atoms with Crippen molar-refractivity contribution in [3.05, 3.63) is 58.6 Å². The van der Waals surface area contributed by atoms with Crippen molar-refractivity contribution in [2.45, 2.75) is 57.5 Å². The fraction of sp³-hybridized carbons (Fsp3) is 0.562. The molecule has 41 heavy (non-hydrogen) atoms. The van der Waals surface area contributed by atoms with Crippen LogP contribution in [0.3, 0.4) is 0 Å². The van der Waals surface area contributed by atoms with E-state index >= 15 is 0 Å². The Morgan fingerprint density at radius 3 is 2.54 bits per heavy atom. The van der Waals surface area contributed by atoms with E-state index < -0.39 is 11.7 Å². The number of hydrogen-bond acceptors (Lipinski definition) is 4. The van der Waals surface area contributed by atoms with Gasteiger partial charge < -0.3 is 30.6 Å². The number of aryl methyl sites for hydroxylation is 1. The van der Waals surface area contributed by atoms with E-state index in [9.17, 15) is 14.7 Å². The Hall–Kier alpha value is -2.81. The largest absolute Gasteiger partial charge is 0.465 e. The molecular weight excluding hydrogens is 540 g/mol. The fourth-order valence-corrected chi connectivity index (χ4v) is 6.88. The van der Waals surface area contributed by atoms with Gasteiger partial charge in [-0.3, -0.25) is 0 Å². The molecule has 2 aliphatic heterocycles. The van der Waals surface area contributed by atoms with Gasteiger partial charge in [0.05, 0.1) is 5.60 Å². The topological polar surface area (TPSA) is 105 Å². The Balaban J connectivity index is 1.63. The summed E-state index contributed by atoms with van der Waals surface area (Å²) in [5, 5.41) is 28.0. The van der Waals surface area contributed by atoms with E-state index in [0.717, 1.165) is 68.4 Å². The van der Waals surface area contributed by atoms with Crippen LogP contribution in [0.2, 0.25) is 5.02 Å². The maximum Gasteiger partial charge on any atom is 0.404 e. The van der Waals surface area contributed by atoms with Crippen LogP contribution < -0.4 is 10.6 Å². The van der Waals surface area contributed by atoms with Gasteiger partial charge in [-0.1, -0.05) is 54.9 Å². The van der Waals surface area contributed by atoms with Crippen molar-refractivity contribution >= 4 is 23.7 Å². The van der Waals surface area contributed by atoms with Gasteiger partial charge in [0.1, 0.15) is 0 Å². The number of benzene rings is 2. The van der Waals surface area contributed by atoms with Gasteiger partial charge in [0.25, 0.3) is 0 Å². The first-order chi connectivity index (χ1) is 19.8. The lowest BCUT2D eigenvalue weighted by atomic mass is 9.72. The second-order valence-corrected chi connectivity index (χ2v) is 11.9. The summed E-state index contributed by atoms with van der Waals surface area (Å²) in [4.78, 5) is 28.6. The molecule has 0 saturated carbocycles. The van der Waals surface area contributed by atoms with Crippen molar-refractivity contribution in [1.29, 1.82) is 0 Å². The zero-order valence-corrected chi connectivity index (χ0v) is 25.1. The van der Waals surface area contributed by atoms with E-state index in [4.69, 9.17) is 16.7 Å². The highest BCUT2D eigenvalue weighted by atomic mass is 35.5. The smallest absolute Gasteiger partial charge is 0.404 e. The summed E-state index contributed by atoms with van der Waals surface area (Å²) >= 11 is 6.85. The molecule has 2 aromatic rings. The van der Waals surface area contributed by atoms with Crippen LogP contribution in [0.1, 0.15) is 56.6 Å². The van der Waals surface area contributed by atoms with Gasteiger partial charge in [-0.2, -0.15) is 0 Å². The predicted octanol–water partition coefficient (Wildman–Crippen LogP) is 5.57. The van der Waals surface area contributed by atoms with Crippen LogP contribution in [0.4, 0.5) is 9.59 Å². The number of carbonyl (C=O) groups is 2. The molecule has 224 valence electrons. The van der Waals surface area contributed by atoms with Crippen LogP contribution in [0.5, 0.6) is 0 Å². The third-order valence-corrected chi connectivity index (χ3v) is 9.17. The minimum absolute atomic E-state index is 0.0504. The molecule has 4 N–H and O–H groups in total. The summed E-state index contributed by atoms with van der Waals surface area (Å²) in [7, 11) is 1.97. The number of halogens is 1. The number of carbonyl (C=O) groups excluding carboxylic acids is 1. The standard InChI is InChI=1S/C32H45ClN4O4/c1-3-23-8-4-9-25(20-23)29-27(11-5-12-28(29)33)32(41,15-7-16-35-30(38)39)26-10-6-17-37(22-26)31(40)36-18-13-24(14-19-36)21-34-2/h4-5,8-9,11-12,20,24,26,34-35,41H,3,6-7,10,13-19,21-22H2,1-2H3,(H,38,39)/t26-,32+/m1/s1. The van der Waals surface area contributed by atoms with Gasteiger partial charge in [-0.05, 0) is 87.2 Å². The summed E-state index contributed by atoms with van der Waals surface area (Å²) in [6.07, 6.45) is 4.14. The number of hydrogen-bond donors (Lipinski definition) is 4. The third-order valence-electron chi connectivity index (χ3n) is 8.86. The van der Waals surface area contributed by atoms with E-state index in [1.807, 2.05) is 47.2 Å². The van der Waals surface area contributed by atoms with Gasteiger partial charge in [-0.25, -0.2) is 9.59 Å². The Kier molecular flexibility index (Phi) is 10.9. The summed E-state index contributed by atoms with van der Waals surface area (Å²) in [5.41, 5.74) is 2.35. The highest BCUT2D eigenvalue weighted by Crippen LogP contribution is 2.45. The highest BCUT2D eigenvalue weighted by Gasteiger charge is 2.43. The third kappa shape index (κ3) is 7.53. The number of rotatable bonds is 10. The zero-order valence-electron chi connectivity index (χ0n) is 24.4. The molecule has 3 amide bonds. The Labute approximate surface area is 249 Å². The molecule has 2 atom stereocenters. The number of piperidine rings is 2. The average Bonchev–Trinajstić information content (AvgIpc) is 2.99. The van der Waals surface area contributed by atoms with Crippen molar-refractivity contribution in [1.82, 2.24) is 20.4 Å². The van der Waals surface area contributed by atoms with E-state index in [0.29, 0.717) is 36.9 Å². The van der Waals surface area contributed by atoms with E-state index in [-0.39, 0.29) is 18.5 Å². The Bertz CT molecular complexity index is 1190. The quantitative estimate of drug-likeness (QED) is 0.273. The molecule has 0 spiro atoms. The van der Waals surface area contributed by atoms with Crippen LogP contribution in [0.25, 0.3) is 11.1 Å². The number of nitrogens with one attached hydrogen (secondary N) is 2. The van der Waals surface area contributed by atoms with E-state index in [1.165, 1.54) is 5.56 Å². The first-order valence-electron chi connectivity index (χ1n) is 15.0.